The number of nitrogens with zero attached hydrogens (tertiary/aromatic N) is 1. The summed E-state index contributed by atoms with van der Waals surface area (Å²) >= 11 is 3.12. The number of amides is 1. The Morgan fingerprint density at radius 1 is 1.22 bits per heavy atom. The summed E-state index contributed by atoms with van der Waals surface area (Å²) in [6.07, 6.45) is -3.51. The number of likely N-dealkylation sites (tertiary alicyclic amines) is 1. The van der Waals surface area contributed by atoms with Gasteiger partial charge in [-0.15, -0.1) is 0 Å². The molecule has 27 heavy (non-hydrogen) atoms. The number of aliphatic hydroxyl groups is 1. The van der Waals surface area contributed by atoms with Gasteiger partial charge in [0.1, 0.15) is 24.7 Å². The van der Waals surface area contributed by atoms with Gasteiger partial charge < -0.3 is 14.7 Å². The second-order valence-corrected chi connectivity index (χ2v) is 7.37. The molecule has 1 saturated heterocycles. The van der Waals surface area contributed by atoms with Crippen LogP contribution in [0.3, 0.4) is 0 Å². The highest BCUT2D eigenvalue weighted by atomic mass is 79.9. The molecule has 0 spiro atoms. The maximum Gasteiger partial charge on any atom is 0.410 e. The first-order chi connectivity index (χ1) is 13.0. The van der Waals surface area contributed by atoms with Crippen molar-refractivity contribution < 1.29 is 23.4 Å². The lowest BCUT2D eigenvalue weighted by atomic mass is 9.92. The minimum atomic E-state index is -1.47. The lowest BCUT2D eigenvalue weighted by Crippen LogP contribution is -2.56. The highest BCUT2D eigenvalue weighted by Gasteiger charge is 2.40. The minimum Gasteiger partial charge on any atom is -0.445 e. The van der Waals surface area contributed by atoms with Crippen molar-refractivity contribution in [1.29, 1.82) is 0 Å². The molecule has 3 rings (SSSR count). The average molecular weight is 440 g/mol. The standard InChI is InChI=1S/C20H20BrF2NO3/c21-15-8-4-7-14(18(15)23)11-17-19(25)16(22)9-10-24(17)20(26)27-12-13-5-2-1-3-6-13/h1-8,16-17,19,25H,9-12H2/t16-,17-,19+/m0/s1. The van der Waals surface area contributed by atoms with Crippen LogP contribution in [0.15, 0.2) is 53.0 Å². The molecular weight excluding hydrogens is 420 g/mol. The Morgan fingerprint density at radius 2 is 1.96 bits per heavy atom. The van der Waals surface area contributed by atoms with Crippen molar-refractivity contribution in [2.24, 2.45) is 0 Å². The molecule has 0 aromatic heterocycles. The molecule has 3 atom stereocenters. The third kappa shape index (κ3) is 4.65. The molecule has 0 bridgehead atoms. The normalized spacial score (nSPS) is 22.5. The Labute approximate surface area is 164 Å². The van der Waals surface area contributed by atoms with E-state index < -0.39 is 30.2 Å². The maximum atomic E-state index is 14.3. The number of alkyl halides is 1. The fourth-order valence-electron chi connectivity index (χ4n) is 3.22. The van der Waals surface area contributed by atoms with Crippen molar-refractivity contribution >= 4 is 22.0 Å². The molecule has 7 heteroatoms. The van der Waals surface area contributed by atoms with Gasteiger partial charge in [-0.1, -0.05) is 42.5 Å². The molecule has 1 aliphatic heterocycles. The summed E-state index contributed by atoms with van der Waals surface area (Å²) in [5, 5.41) is 10.3. The lowest BCUT2D eigenvalue weighted by Gasteiger charge is -2.40. The third-order valence-electron chi connectivity index (χ3n) is 4.71. The van der Waals surface area contributed by atoms with Crippen LogP contribution in [0.5, 0.6) is 0 Å². The monoisotopic (exact) mass is 439 g/mol. The molecule has 0 aliphatic carbocycles. The number of hydrogen-bond donors (Lipinski definition) is 1. The summed E-state index contributed by atoms with van der Waals surface area (Å²) < 4.78 is 34.0. The molecule has 1 fully saturated rings. The molecule has 1 N–H and O–H groups in total. The zero-order chi connectivity index (χ0) is 19.4. The predicted octanol–water partition coefficient (Wildman–Crippen LogP) is 4.24. The number of carbonyl (C=O) groups is 1. The first-order valence-corrected chi connectivity index (χ1v) is 9.49. The molecule has 0 saturated carbocycles. The van der Waals surface area contributed by atoms with E-state index >= 15 is 0 Å². The SMILES string of the molecule is O=C(OCc1ccccc1)N1CC[C@H](F)[C@@H](O)[C@@H]1Cc1cccc(Br)c1F. The van der Waals surface area contributed by atoms with Gasteiger partial charge in [0.15, 0.2) is 0 Å². The van der Waals surface area contributed by atoms with Gasteiger partial charge >= 0.3 is 6.09 Å². The van der Waals surface area contributed by atoms with Gasteiger partial charge in [-0.25, -0.2) is 13.6 Å². The van der Waals surface area contributed by atoms with E-state index in [2.05, 4.69) is 15.9 Å². The first kappa shape index (κ1) is 19.8. The summed E-state index contributed by atoms with van der Waals surface area (Å²) in [7, 11) is 0. The van der Waals surface area contributed by atoms with Crippen LogP contribution in [0, 0.1) is 5.82 Å². The van der Waals surface area contributed by atoms with Crippen LogP contribution in [0.4, 0.5) is 13.6 Å². The number of halogens is 3. The number of carbonyl (C=O) groups excluding carboxylic acids is 1. The number of hydrogen-bond acceptors (Lipinski definition) is 3. The first-order valence-electron chi connectivity index (χ1n) is 8.69. The second kappa shape index (κ2) is 8.80. The summed E-state index contributed by atoms with van der Waals surface area (Å²) in [5.41, 5.74) is 1.12. The molecular formula is C20H20BrF2NO3. The molecule has 4 nitrogen and oxygen atoms in total. The van der Waals surface area contributed by atoms with Crippen molar-refractivity contribution in [3.8, 4) is 0 Å². The number of benzene rings is 2. The lowest BCUT2D eigenvalue weighted by molar-refractivity contribution is -0.0408. The molecule has 0 radical (unpaired) electrons. The quantitative estimate of drug-likeness (QED) is 0.774. The summed E-state index contributed by atoms with van der Waals surface area (Å²) in [6.45, 7) is 0.176. The number of ether oxygens (including phenoxy) is 1. The van der Waals surface area contributed by atoms with E-state index in [0.717, 1.165) is 5.56 Å². The van der Waals surface area contributed by atoms with Gasteiger partial charge in [0, 0.05) is 6.54 Å². The van der Waals surface area contributed by atoms with Crippen LogP contribution in [0.25, 0.3) is 0 Å². The zero-order valence-corrected chi connectivity index (χ0v) is 16.1. The summed E-state index contributed by atoms with van der Waals surface area (Å²) in [5.74, 6) is -0.483. The van der Waals surface area contributed by atoms with Gasteiger partial charge in [0.2, 0.25) is 0 Å². The van der Waals surface area contributed by atoms with Gasteiger partial charge in [-0.2, -0.15) is 0 Å². The van der Waals surface area contributed by atoms with E-state index in [-0.39, 0.29) is 30.5 Å². The van der Waals surface area contributed by atoms with Gasteiger partial charge in [0.05, 0.1) is 10.5 Å². The predicted molar refractivity (Wildman–Crippen MR) is 100 cm³/mol. The largest absolute Gasteiger partial charge is 0.445 e. The van der Waals surface area contributed by atoms with Crippen molar-refractivity contribution in [2.75, 3.05) is 6.54 Å². The number of rotatable bonds is 4. The van der Waals surface area contributed by atoms with Crippen molar-refractivity contribution in [3.05, 3.63) is 69.9 Å². The Morgan fingerprint density at radius 3 is 2.70 bits per heavy atom. The molecule has 1 aliphatic rings. The minimum absolute atomic E-state index is 0.00665. The number of piperidine rings is 1. The van der Waals surface area contributed by atoms with E-state index in [1.807, 2.05) is 30.3 Å². The van der Waals surface area contributed by atoms with E-state index in [9.17, 15) is 18.7 Å². The van der Waals surface area contributed by atoms with E-state index in [1.54, 1.807) is 18.2 Å². The van der Waals surface area contributed by atoms with Crippen LogP contribution >= 0.6 is 15.9 Å². The highest BCUT2D eigenvalue weighted by Crippen LogP contribution is 2.27. The Balaban J connectivity index is 1.75. The smallest absolute Gasteiger partial charge is 0.410 e. The molecule has 1 amide bonds. The third-order valence-corrected chi connectivity index (χ3v) is 5.32. The van der Waals surface area contributed by atoms with Gasteiger partial charge in [-0.3, -0.25) is 0 Å². The van der Waals surface area contributed by atoms with Crippen LogP contribution in [-0.4, -0.2) is 41.0 Å². The highest BCUT2D eigenvalue weighted by molar-refractivity contribution is 9.10. The average Bonchev–Trinajstić information content (AvgIpc) is 2.68. The van der Waals surface area contributed by atoms with E-state index in [4.69, 9.17) is 4.74 Å². The van der Waals surface area contributed by atoms with Gasteiger partial charge in [0.25, 0.3) is 0 Å². The Hall–Kier alpha value is -1.99. The second-order valence-electron chi connectivity index (χ2n) is 6.51. The Bertz CT molecular complexity index is 790. The van der Waals surface area contributed by atoms with Gasteiger partial charge in [-0.05, 0) is 46.0 Å². The van der Waals surface area contributed by atoms with Crippen LogP contribution < -0.4 is 0 Å². The number of aliphatic hydroxyl groups excluding tert-OH is 1. The fourth-order valence-corrected chi connectivity index (χ4v) is 3.62. The van der Waals surface area contributed by atoms with Crippen LogP contribution in [0.2, 0.25) is 0 Å². The topological polar surface area (TPSA) is 49.8 Å². The fraction of sp³-hybridized carbons (Fsp3) is 0.350. The molecule has 1 heterocycles. The molecule has 2 aromatic carbocycles. The van der Waals surface area contributed by atoms with Crippen molar-refractivity contribution in [3.63, 3.8) is 0 Å². The molecule has 144 valence electrons. The van der Waals surface area contributed by atoms with Crippen molar-refractivity contribution in [2.45, 2.75) is 37.8 Å². The molecule has 0 unspecified atom stereocenters. The van der Waals surface area contributed by atoms with Crippen molar-refractivity contribution in [1.82, 2.24) is 4.90 Å². The van der Waals surface area contributed by atoms with Crippen LogP contribution in [0.1, 0.15) is 17.5 Å². The molecule has 2 aromatic rings. The van der Waals surface area contributed by atoms with E-state index in [1.165, 1.54) is 4.90 Å². The van der Waals surface area contributed by atoms with E-state index in [0.29, 0.717) is 5.56 Å². The van der Waals surface area contributed by atoms with Crippen LogP contribution in [-0.2, 0) is 17.8 Å². The maximum absolute atomic E-state index is 14.3. The Kier molecular flexibility index (Phi) is 6.44. The zero-order valence-electron chi connectivity index (χ0n) is 14.5. The summed E-state index contributed by atoms with van der Waals surface area (Å²) in [4.78, 5) is 13.8. The summed E-state index contributed by atoms with van der Waals surface area (Å²) in [6, 6.07) is 13.0.